The van der Waals surface area contributed by atoms with Gasteiger partial charge in [-0.15, -0.1) is 6.42 Å². The molecule has 0 saturated heterocycles. The van der Waals surface area contributed by atoms with Gasteiger partial charge in [-0.1, -0.05) is 19.8 Å². The Bertz CT molecular complexity index is 189. The Morgan fingerprint density at radius 2 is 2.21 bits per heavy atom. The minimum atomic E-state index is 0.573. The lowest BCUT2D eigenvalue weighted by atomic mass is 10.3. The summed E-state index contributed by atoms with van der Waals surface area (Å²) in [5.41, 5.74) is 0. The number of nitrogens with zero attached hydrogens (tertiary/aromatic N) is 1. The first-order valence-corrected chi connectivity index (χ1v) is 5.61. The van der Waals surface area contributed by atoms with E-state index in [4.69, 9.17) is 6.42 Å². The van der Waals surface area contributed by atoms with Crippen molar-refractivity contribution in [3.05, 3.63) is 0 Å². The highest BCUT2D eigenvalue weighted by Crippen LogP contribution is 2.29. The van der Waals surface area contributed by atoms with Gasteiger partial charge in [0.05, 0.1) is 6.54 Å². The summed E-state index contributed by atoms with van der Waals surface area (Å²) in [6.45, 7) is 8.48. The minimum absolute atomic E-state index is 0.573. The summed E-state index contributed by atoms with van der Waals surface area (Å²) in [6.07, 6.45) is 8.15. The number of hydrogen-bond donors (Lipinski definition) is 1. The second kappa shape index (κ2) is 6.06. The standard InChI is InChI=1S/C12H22N2/c1-4-8-14(10-12-5-6-12)9-7-13-11(2)3/h1,11-13H,5-10H2,2-3H3. The van der Waals surface area contributed by atoms with Crippen molar-refractivity contribution in [1.29, 1.82) is 0 Å². The molecule has 0 amide bonds. The number of terminal acetylenes is 1. The molecule has 1 N–H and O–H groups in total. The van der Waals surface area contributed by atoms with E-state index in [1.165, 1.54) is 19.4 Å². The fourth-order valence-corrected chi connectivity index (χ4v) is 1.54. The van der Waals surface area contributed by atoms with E-state index in [0.29, 0.717) is 6.04 Å². The van der Waals surface area contributed by atoms with Crippen LogP contribution in [-0.2, 0) is 0 Å². The molecule has 14 heavy (non-hydrogen) atoms. The van der Waals surface area contributed by atoms with Crippen molar-refractivity contribution in [2.75, 3.05) is 26.2 Å². The maximum absolute atomic E-state index is 5.34. The molecule has 1 saturated carbocycles. The zero-order valence-electron chi connectivity index (χ0n) is 9.42. The molecule has 0 radical (unpaired) electrons. The number of nitrogens with one attached hydrogen (secondary N) is 1. The Kier molecular flexibility index (Phi) is 5.00. The van der Waals surface area contributed by atoms with E-state index < -0.39 is 0 Å². The summed E-state index contributed by atoms with van der Waals surface area (Å²) < 4.78 is 0. The summed E-state index contributed by atoms with van der Waals surface area (Å²) in [5.74, 6) is 3.67. The zero-order chi connectivity index (χ0) is 10.4. The Labute approximate surface area is 88.1 Å². The molecule has 1 fully saturated rings. The van der Waals surface area contributed by atoms with Crippen LogP contribution in [0.5, 0.6) is 0 Å². The average molecular weight is 194 g/mol. The lowest BCUT2D eigenvalue weighted by Gasteiger charge is -2.20. The molecule has 80 valence electrons. The van der Waals surface area contributed by atoms with Gasteiger partial charge in [0, 0.05) is 25.7 Å². The third-order valence-electron chi connectivity index (χ3n) is 2.51. The maximum atomic E-state index is 5.34. The summed E-state index contributed by atoms with van der Waals surface area (Å²) in [4.78, 5) is 2.38. The molecule has 0 heterocycles. The van der Waals surface area contributed by atoms with Crippen LogP contribution in [0.25, 0.3) is 0 Å². The van der Waals surface area contributed by atoms with Crippen molar-refractivity contribution in [2.24, 2.45) is 5.92 Å². The van der Waals surface area contributed by atoms with E-state index in [0.717, 1.165) is 25.6 Å². The van der Waals surface area contributed by atoms with Gasteiger partial charge in [-0.2, -0.15) is 0 Å². The van der Waals surface area contributed by atoms with Gasteiger partial charge in [0.1, 0.15) is 0 Å². The van der Waals surface area contributed by atoms with E-state index in [-0.39, 0.29) is 0 Å². The summed E-state index contributed by atoms with van der Waals surface area (Å²) in [5, 5.41) is 3.42. The number of hydrogen-bond acceptors (Lipinski definition) is 2. The Morgan fingerprint density at radius 1 is 1.50 bits per heavy atom. The first kappa shape index (κ1) is 11.6. The molecule has 0 unspecified atom stereocenters. The molecule has 0 spiro atoms. The number of rotatable bonds is 7. The van der Waals surface area contributed by atoms with Crippen LogP contribution in [0.4, 0.5) is 0 Å². The van der Waals surface area contributed by atoms with Crippen molar-refractivity contribution in [2.45, 2.75) is 32.7 Å². The third-order valence-corrected chi connectivity index (χ3v) is 2.51. The summed E-state index contributed by atoms with van der Waals surface area (Å²) in [6, 6.07) is 0.573. The lowest BCUT2D eigenvalue weighted by Crippen LogP contribution is -2.36. The van der Waals surface area contributed by atoms with E-state index in [1.807, 2.05) is 0 Å². The predicted octanol–water partition coefficient (Wildman–Crippen LogP) is 1.33. The zero-order valence-corrected chi connectivity index (χ0v) is 9.42. The minimum Gasteiger partial charge on any atom is -0.313 e. The van der Waals surface area contributed by atoms with Gasteiger partial charge in [0.25, 0.3) is 0 Å². The molecule has 0 bridgehead atoms. The Morgan fingerprint density at radius 3 is 2.71 bits per heavy atom. The highest BCUT2D eigenvalue weighted by Gasteiger charge is 2.23. The van der Waals surface area contributed by atoms with Crippen molar-refractivity contribution in [1.82, 2.24) is 10.2 Å². The molecule has 1 rings (SSSR count). The molecule has 1 aliphatic carbocycles. The van der Waals surface area contributed by atoms with E-state index in [9.17, 15) is 0 Å². The van der Waals surface area contributed by atoms with Gasteiger partial charge in [0.15, 0.2) is 0 Å². The van der Waals surface area contributed by atoms with Gasteiger partial charge in [0.2, 0.25) is 0 Å². The van der Waals surface area contributed by atoms with Gasteiger partial charge in [-0.25, -0.2) is 0 Å². The monoisotopic (exact) mass is 194 g/mol. The normalized spacial score (nSPS) is 16.2. The molecule has 0 aromatic rings. The highest BCUT2D eigenvalue weighted by atomic mass is 15.1. The largest absolute Gasteiger partial charge is 0.313 e. The summed E-state index contributed by atoms with van der Waals surface area (Å²) in [7, 11) is 0. The van der Waals surface area contributed by atoms with E-state index >= 15 is 0 Å². The summed E-state index contributed by atoms with van der Waals surface area (Å²) >= 11 is 0. The Balaban J connectivity index is 2.10. The smallest absolute Gasteiger partial charge is 0.0599 e. The SMILES string of the molecule is C#CCN(CCNC(C)C)CC1CC1. The molecular weight excluding hydrogens is 172 g/mol. The molecular formula is C12H22N2. The van der Waals surface area contributed by atoms with Gasteiger partial charge >= 0.3 is 0 Å². The molecule has 2 heteroatoms. The van der Waals surface area contributed by atoms with Crippen LogP contribution in [0, 0.1) is 18.3 Å². The van der Waals surface area contributed by atoms with Crippen LogP contribution in [0.15, 0.2) is 0 Å². The van der Waals surface area contributed by atoms with Crippen LogP contribution in [0.3, 0.4) is 0 Å². The molecule has 0 aliphatic heterocycles. The molecule has 0 aromatic carbocycles. The maximum Gasteiger partial charge on any atom is 0.0599 e. The molecule has 0 atom stereocenters. The molecule has 2 nitrogen and oxygen atoms in total. The second-order valence-corrected chi connectivity index (χ2v) is 4.49. The van der Waals surface area contributed by atoms with Crippen molar-refractivity contribution in [3.8, 4) is 12.3 Å². The van der Waals surface area contributed by atoms with Crippen LogP contribution in [-0.4, -0.2) is 37.1 Å². The fraction of sp³-hybridized carbons (Fsp3) is 0.833. The average Bonchev–Trinajstić information content (AvgIpc) is 2.88. The van der Waals surface area contributed by atoms with Crippen LogP contribution in [0.2, 0.25) is 0 Å². The van der Waals surface area contributed by atoms with E-state index in [2.05, 4.69) is 30.0 Å². The van der Waals surface area contributed by atoms with Crippen molar-refractivity contribution in [3.63, 3.8) is 0 Å². The molecule has 1 aliphatic rings. The van der Waals surface area contributed by atoms with Crippen LogP contribution in [0.1, 0.15) is 26.7 Å². The Hall–Kier alpha value is -0.520. The van der Waals surface area contributed by atoms with Crippen molar-refractivity contribution >= 4 is 0 Å². The van der Waals surface area contributed by atoms with Crippen LogP contribution >= 0.6 is 0 Å². The lowest BCUT2D eigenvalue weighted by molar-refractivity contribution is 0.290. The van der Waals surface area contributed by atoms with E-state index in [1.54, 1.807) is 0 Å². The first-order valence-electron chi connectivity index (χ1n) is 5.61. The van der Waals surface area contributed by atoms with Gasteiger partial charge in [-0.3, -0.25) is 4.90 Å². The quantitative estimate of drug-likeness (QED) is 0.615. The fourth-order valence-electron chi connectivity index (χ4n) is 1.54. The van der Waals surface area contributed by atoms with Gasteiger partial charge in [-0.05, 0) is 18.8 Å². The second-order valence-electron chi connectivity index (χ2n) is 4.49. The molecule has 0 aromatic heterocycles. The van der Waals surface area contributed by atoms with Crippen molar-refractivity contribution < 1.29 is 0 Å². The highest BCUT2D eigenvalue weighted by molar-refractivity contribution is 4.90. The van der Waals surface area contributed by atoms with Crippen LogP contribution < -0.4 is 5.32 Å². The first-order chi connectivity index (χ1) is 6.72. The third kappa shape index (κ3) is 5.26. The predicted molar refractivity (Wildman–Crippen MR) is 61.1 cm³/mol. The topological polar surface area (TPSA) is 15.3 Å². The van der Waals surface area contributed by atoms with Gasteiger partial charge < -0.3 is 5.32 Å².